The van der Waals surface area contributed by atoms with Gasteiger partial charge in [-0.3, -0.25) is 4.79 Å². The van der Waals surface area contributed by atoms with E-state index in [2.05, 4.69) is 15.6 Å². The molecule has 2 aliphatic rings. The molecule has 1 aromatic rings. The van der Waals surface area contributed by atoms with Gasteiger partial charge in [-0.05, 0) is 32.6 Å². The van der Waals surface area contributed by atoms with Gasteiger partial charge in [0.05, 0.1) is 5.69 Å². The fraction of sp³-hybridized carbons (Fsp3) is 0.692. The smallest absolute Gasteiger partial charge is 0.289 e. The summed E-state index contributed by atoms with van der Waals surface area (Å²) in [7, 11) is 0. The van der Waals surface area contributed by atoms with Gasteiger partial charge >= 0.3 is 0 Å². The Kier molecular flexibility index (Phi) is 4.16. The number of aromatic nitrogens is 1. The molecule has 2 bridgehead atoms. The van der Waals surface area contributed by atoms with Gasteiger partial charge in [-0.1, -0.05) is 0 Å². The molecule has 0 aliphatic carbocycles. The van der Waals surface area contributed by atoms with Crippen LogP contribution in [0.1, 0.15) is 47.8 Å². The van der Waals surface area contributed by atoms with Crippen molar-refractivity contribution in [1.82, 2.24) is 15.6 Å². The van der Waals surface area contributed by atoms with Crippen LogP contribution in [0.25, 0.3) is 0 Å². The normalized spacial score (nSPS) is 28.8. The number of nitrogens with zero attached hydrogens (tertiary/aromatic N) is 1. The lowest BCUT2D eigenvalue weighted by Gasteiger charge is -2.29. The Balaban J connectivity index is 0.00000133. The second kappa shape index (κ2) is 5.51. The molecule has 1 aromatic heterocycles. The fourth-order valence-corrected chi connectivity index (χ4v) is 3.17. The van der Waals surface area contributed by atoms with Gasteiger partial charge in [0, 0.05) is 25.0 Å². The Morgan fingerprint density at radius 3 is 2.47 bits per heavy atom. The highest BCUT2D eigenvalue weighted by atomic mass is 35.5. The molecule has 5 nitrogen and oxygen atoms in total. The topological polar surface area (TPSA) is 67.2 Å². The van der Waals surface area contributed by atoms with Crippen LogP contribution in [-0.4, -0.2) is 29.0 Å². The predicted molar refractivity (Wildman–Crippen MR) is 73.7 cm³/mol. The Morgan fingerprint density at radius 1 is 1.32 bits per heavy atom. The zero-order valence-electron chi connectivity index (χ0n) is 11.2. The summed E-state index contributed by atoms with van der Waals surface area (Å²) in [5, 5.41) is 6.64. The lowest BCUT2D eigenvalue weighted by atomic mass is 10.00. The predicted octanol–water partition coefficient (Wildman–Crippen LogP) is 1.73. The van der Waals surface area contributed by atoms with Crippen molar-refractivity contribution in [3.05, 3.63) is 17.3 Å². The molecule has 3 heterocycles. The average Bonchev–Trinajstić information content (AvgIpc) is 2.81. The van der Waals surface area contributed by atoms with E-state index in [1.807, 2.05) is 0 Å². The highest BCUT2D eigenvalue weighted by Gasteiger charge is 2.34. The van der Waals surface area contributed by atoms with Crippen LogP contribution in [0.3, 0.4) is 0 Å². The summed E-state index contributed by atoms with van der Waals surface area (Å²) in [6.45, 7) is 3.56. The third-order valence-electron chi connectivity index (χ3n) is 3.92. The highest BCUT2D eigenvalue weighted by molar-refractivity contribution is 5.92. The van der Waals surface area contributed by atoms with Crippen molar-refractivity contribution in [2.24, 2.45) is 0 Å². The van der Waals surface area contributed by atoms with E-state index < -0.39 is 0 Å². The third-order valence-corrected chi connectivity index (χ3v) is 3.92. The van der Waals surface area contributed by atoms with Crippen LogP contribution in [0.15, 0.2) is 4.42 Å². The third kappa shape index (κ3) is 2.92. The van der Waals surface area contributed by atoms with Crippen LogP contribution in [0.2, 0.25) is 0 Å². The standard InChI is InChI=1S/C13H19N3O2.ClH/c1-7-12(18-8(2)14-7)13(17)16-11-5-9-3-4-10(6-11)15-9;/h9-11,15H,3-6H2,1-2H3,(H,16,17);1H. The monoisotopic (exact) mass is 285 g/mol. The molecule has 6 heteroatoms. The molecule has 1 amide bonds. The van der Waals surface area contributed by atoms with Crippen LogP contribution in [0.5, 0.6) is 0 Å². The van der Waals surface area contributed by atoms with Crippen molar-refractivity contribution < 1.29 is 9.21 Å². The second-order valence-electron chi connectivity index (χ2n) is 5.43. The molecule has 2 unspecified atom stereocenters. The van der Waals surface area contributed by atoms with Gasteiger partial charge in [0.1, 0.15) is 0 Å². The molecule has 106 valence electrons. The van der Waals surface area contributed by atoms with E-state index in [0.717, 1.165) is 12.8 Å². The van der Waals surface area contributed by atoms with Crippen LogP contribution >= 0.6 is 12.4 Å². The van der Waals surface area contributed by atoms with E-state index in [9.17, 15) is 4.79 Å². The molecule has 2 atom stereocenters. The summed E-state index contributed by atoms with van der Waals surface area (Å²) in [6, 6.07) is 1.42. The van der Waals surface area contributed by atoms with Crippen molar-refractivity contribution in [3.63, 3.8) is 0 Å². The maximum absolute atomic E-state index is 12.1. The van der Waals surface area contributed by atoms with Gasteiger partial charge in [-0.2, -0.15) is 0 Å². The zero-order valence-corrected chi connectivity index (χ0v) is 12.0. The number of oxazole rings is 1. The number of rotatable bonds is 2. The first-order valence-corrected chi connectivity index (χ1v) is 6.63. The zero-order chi connectivity index (χ0) is 12.7. The van der Waals surface area contributed by atoms with Gasteiger partial charge in [-0.25, -0.2) is 4.98 Å². The van der Waals surface area contributed by atoms with Gasteiger partial charge in [0.25, 0.3) is 5.91 Å². The molecule has 2 N–H and O–H groups in total. The van der Waals surface area contributed by atoms with E-state index >= 15 is 0 Å². The fourth-order valence-electron chi connectivity index (χ4n) is 3.17. The van der Waals surface area contributed by atoms with Crippen molar-refractivity contribution in [3.8, 4) is 0 Å². The Labute approximate surface area is 118 Å². The molecular weight excluding hydrogens is 266 g/mol. The van der Waals surface area contributed by atoms with E-state index in [1.54, 1.807) is 13.8 Å². The maximum atomic E-state index is 12.1. The molecule has 2 aliphatic heterocycles. The van der Waals surface area contributed by atoms with Gasteiger partial charge in [-0.15, -0.1) is 12.4 Å². The first-order valence-electron chi connectivity index (χ1n) is 6.63. The lowest BCUT2D eigenvalue weighted by Crippen LogP contribution is -2.48. The molecule has 0 saturated carbocycles. The number of nitrogens with one attached hydrogen (secondary N) is 2. The average molecular weight is 286 g/mol. The van der Waals surface area contributed by atoms with Crippen LogP contribution < -0.4 is 10.6 Å². The number of halogens is 1. The summed E-state index contributed by atoms with van der Waals surface area (Å²) >= 11 is 0. The minimum atomic E-state index is -0.126. The van der Waals surface area contributed by atoms with Crippen LogP contribution in [0.4, 0.5) is 0 Å². The lowest BCUT2D eigenvalue weighted by molar-refractivity contribution is 0.0893. The van der Waals surface area contributed by atoms with Crippen molar-refractivity contribution >= 4 is 18.3 Å². The van der Waals surface area contributed by atoms with Gasteiger partial charge < -0.3 is 15.1 Å². The minimum Gasteiger partial charge on any atom is -0.436 e. The first kappa shape index (κ1) is 14.3. The highest BCUT2D eigenvalue weighted by Crippen LogP contribution is 2.27. The van der Waals surface area contributed by atoms with Crippen LogP contribution in [0, 0.1) is 13.8 Å². The summed E-state index contributed by atoms with van der Waals surface area (Å²) in [5.74, 6) is 0.779. The number of fused-ring (bicyclic) bond motifs is 2. The quantitative estimate of drug-likeness (QED) is 0.868. The largest absolute Gasteiger partial charge is 0.436 e. The number of aryl methyl sites for hydroxylation is 2. The van der Waals surface area contributed by atoms with Crippen molar-refractivity contribution in [2.75, 3.05) is 0 Å². The molecule has 3 rings (SSSR count). The summed E-state index contributed by atoms with van der Waals surface area (Å²) in [4.78, 5) is 16.2. The maximum Gasteiger partial charge on any atom is 0.289 e. The van der Waals surface area contributed by atoms with Gasteiger partial charge in [0.2, 0.25) is 5.76 Å². The number of hydrogen-bond acceptors (Lipinski definition) is 4. The number of amides is 1. The number of piperidine rings is 1. The molecule has 0 spiro atoms. The molecule has 0 aromatic carbocycles. The van der Waals surface area contributed by atoms with Crippen molar-refractivity contribution in [2.45, 2.75) is 57.7 Å². The van der Waals surface area contributed by atoms with Crippen LogP contribution in [-0.2, 0) is 0 Å². The molecule has 0 radical (unpaired) electrons. The number of carbonyl (C=O) groups is 1. The van der Waals surface area contributed by atoms with Crippen molar-refractivity contribution in [1.29, 1.82) is 0 Å². The Bertz CT molecular complexity index is 462. The summed E-state index contributed by atoms with van der Waals surface area (Å²) in [5.41, 5.74) is 0.668. The Morgan fingerprint density at radius 2 is 1.95 bits per heavy atom. The van der Waals surface area contributed by atoms with E-state index in [4.69, 9.17) is 4.42 Å². The molecule has 2 saturated heterocycles. The number of carbonyl (C=O) groups excluding carboxylic acids is 1. The van der Waals surface area contributed by atoms with E-state index in [0.29, 0.717) is 29.4 Å². The summed E-state index contributed by atoms with van der Waals surface area (Å²) < 4.78 is 5.35. The Hall–Kier alpha value is -1.07. The van der Waals surface area contributed by atoms with E-state index in [-0.39, 0.29) is 24.4 Å². The SMILES string of the molecule is Cc1nc(C)c(C(=O)NC2CC3CCC(C2)N3)o1.Cl. The molecule has 19 heavy (non-hydrogen) atoms. The first-order chi connectivity index (χ1) is 8.61. The summed E-state index contributed by atoms with van der Waals surface area (Å²) in [6.07, 6.45) is 4.51. The second-order valence-corrected chi connectivity index (χ2v) is 5.43. The minimum absolute atomic E-state index is 0. The molecule has 2 fully saturated rings. The van der Waals surface area contributed by atoms with Gasteiger partial charge in [0.15, 0.2) is 5.89 Å². The van der Waals surface area contributed by atoms with E-state index in [1.165, 1.54) is 12.8 Å². The number of hydrogen-bond donors (Lipinski definition) is 2. The molecular formula is C13H20ClN3O2.